The molecule has 4 heteroatoms. The molecule has 4 nitrogen and oxygen atoms in total. The average Bonchev–Trinajstić information content (AvgIpc) is 2.39. The monoisotopic (exact) mass is 251 g/mol. The highest BCUT2D eigenvalue weighted by atomic mass is 16.5. The second kappa shape index (κ2) is 7.84. The lowest BCUT2D eigenvalue weighted by Crippen LogP contribution is -2.31. The van der Waals surface area contributed by atoms with Gasteiger partial charge in [-0.05, 0) is 18.9 Å². The standard InChI is InChI=1S/C14H21NO3/c1-11(12-6-4-3-5-7-12)14(17)15-9-8-13(16)10-18-2/h3-7,11,13,16H,8-10H2,1-2H3,(H,15,17). The van der Waals surface area contributed by atoms with Gasteiger partial charge >= 0.3 is 0 Å². The summed E-state index contributed by atoms with van der Waals surface area (Å²) >= 11 is 0. The third-order valence-electron chi connectivity index (χ3n) is 2.83. The predicted octanol–water partition coefficient (Wildman–Crippen LogP) is 1.30. The molecule has 1 aromatic carbocycles. The number of aliphatic hydroxyl groups excluding tert-OH is 1. The highest BCUT2D eigenvalue weighted by molar-refractivity contribution is 5.83. The van der Waals surface area contributed by atoms with Gasteiger partial charge in [0.25, 0.3) is 0 Å². The molecule has 0 aromatic heterocycles. The maximum Gasteiger partial charge on any atom is 0.227 e. The molecule has 1 rings (SSSR count). The van der Waals surface area contributed by atoms with Crippen LogP contribution >= 0.6 is 0 Å². The van der Waals surface area contributed by atoms with Crippen molar-refractivity contribution in [1.82, 2.24) is 5.32 Å². The molecular formula is C14H21NO3. The van der Waals surface area contributed by atoms with Gasteiger partial charge in [-0.25, -0.2) is 0 Å². The normalized spacial score (nSPS) is 13.9. The van der Waals surface area contributed by atoms with E-state index in [-0.39, 0.29) is 11.8 Å². The number of benzene rings is 1. The van der Waals surface area contributed by atoms with E-state index in [1.54, 1.807) is 7.11 Å². The molecule has 0 bridgehead atoms. The number of rotatable bonds is 7. The van der Waals surface area contributed by atoms with Crippen LogP contribution in [0, 0.1) is 0 Å². The van der Waals surface area contributed by atoms with Crippen LogP contribution in [0.25, 0.3) is 0 Å². The first-order valence-electron chi connectivity index (χ1n) is 6.14. The molecule has 2 atom stereocenters. The molecule has 100 valence electrons. The van der Waals surface area contributed by atoms with Crippen molar-refractivity contribution >= 4 is 5.91 Å². The summed E-state index contributed by atoms with van der Waals surface area (Å²) in [7, 11) is 1.54. The van der Waals surface area contributed by atoms with Crippen molar-refractivity contribution in [2.45, 2.75) is 25.4 Å². The van der Waals surface area contributed by atoms with E-state index in [9.17, 15) is 9.90 Å². The fourth-order valence-electron chi connectivity index (χ4n) is 1.68. The quantitative estimate of drug-likeness (QED) is 0.768. The molecule has 0 heterocycles. The van der Waals surface area contributed by atoms with Gasteiger partial charge in [-0.2, -0.15) is 0 Å². The summed E-state index contributed by atoms with van der Waals surface area (Å²) in [5.41, 5.74) is 0.993. The van der Waals surface area contributed by atoms with E-state index in [1.807, 2.05) is 37.3 Å². The predicted molar refractivity (Wildman–Crippen MR) is 70.4 cm³/mol. The smallest absolute Gasteiger partial charge is 0.227 e. The summed E-state index contributed by atoms with van der Waals surface area (Å²) < 4.78 is 4.82. The van der Waals surface area contributed by atoms with Crippen LogP contribution in [0.2, 0.25) is 0 Å². The molecule has 2 N–H and O–H groups in total. The minimum Gasteiger partial charge on any atom is -0.391 e. The van der Waals surface area contributed by atoms with Gasteiger partial charge in [0.2, 0.25) is 5.91 Å². The molecule has 1 amide bonds. The van der Waals surface area contributed by atoms with Crippen LogP contribution in [-0.2, 0) is 9.53 Å². The van der Waals surface area contributed by atoms with Crippen LogP contribution in [0.3, 0.4) is 0 Å². The number of hydrogen-bond donors (Lipinski definition) is 2. The minimum atomic E-state index is -0.526. The molecular weight excluding hydrogens is 230 g/mol. The number of carbonyl (C=O) groups is 1. The topological polar surface area (TPSA) is 58.6 Å². The van der Waals surface area contributed by atoms with E-state index in [0.717, 1.165) is 5.56 Å². The Bertz CT molecular complexity index is 353. The van der Waals surface area contributed by atoms with E-state index >= 15 is 0 Å². The van der Waals surface area contributed by atoms with E-state index in [4.69, 9.17) is 4.74 Å². The van der Waals surface area contributed by atoms with Crippen molar-refractivity contribution < 1.29 is 14.6 Å². The number of hydrogen-bond acceptors (Lipinski definition) is 3. The Hall–Kier alpha value is -1.39. The third kappa shape index (κ3) is 4.85. The van der Waals surface area contributed by atoms with Gasteiger partial charge in [0.15, 0.2) is 0 Å². The molecule has 0 aliphatic rings. The Morgan fingerprint density at radius 3 is 2.67 bits per heavy atom. The number of amides is 1. The lowest BCUT2D eigenvalue weighted by molar-refractivity contribution is -0.122. The molecule has 0 radical (unpaired) electrons. The highest BCUT2D eigenvalue weighted by Gasteiger charge is 2.14. The molecule has 0 aliphatic heterocycles. The Labute approximate surface area is 108 Å². The van der Waals surface area contributed by atoms with Crippen molar-refractivity contribution in [2.24, 2.45) is 0 Å². The van der Waals surface area contributed by atoms with Crippen LogP contribution < -0.4 is 5.32 Å². The number of carbonyl (C=O) groups excluding carboxylic acids is 1. The summed E-state index contributed by atoms with van der Waals surface area (Å²) in [5.74, 6) is -0.198. The summed E-state index contributed by atoms with van der Waals surface area (Å²) in [5, 5.41) is 12.3. The van der Waals surface area contributed by atoms with Gasteiger partial charge in [0.1, 0.15) is 0 Å². The summed E-state index contributed by atoms with van der Waals surface area (Å²) in [4.78, 5) is 11.9. The SMILES string of the molecule is COCC(O)CCNC(=O)C(C)c1ccccc1. The molecule has 1 aromatic rings. The van der Waals surface area contributed by atoms with Gasteiger partial charge in [-0.1, -0.05) is 30.3 Å². The fourth-order valence-corrected chi connectivity index (χ4v) is 1.68. The van der Waals surface area contributed by atoms with Gasteiger partial charge in [-0.15, -0.1) is 0 Å². The van der Waals surface area contributed by atoms with E-state index in [2.05, 4.69) is 5.32 Å². The zero-order chi connectivity index (χ0) is 13.4. The first-order valence-corrected chi connectivity index (χ1v) is 6.14. The maximum atomic E-state index is 11.9. The largest absolute Gasteiger partial charge is 0.391 e. The van der Waals surface area contributed by atoms with Crippen LogP contribution in [0.15, 0.2) is 30.3 Å². The van der Waals surface area contributed by atoms with Gasteiger partial charge in [-0.3, -0.25) is 4.79 Å². The number of ether oxygens (including phenoxy) is 1. The van der Waals surface area contributed by atoms with Crippen LogP contribution in [0.1, 0.15) is 24.8 Å². The Morgan fingerprint density at radius 1 is 1.39 bits per heavy atom. The van der Waals surface area contributed by atoms with Crippen molar-refractivity contribution in [3.05, 3.63) is 35.9 Å². The van der Waals surface area contributed by atoms with Crippen LogP contribution in [-0.4, -0.2) is 37.4 Å². The third-order valence-corrected chi connectivity index (χ3v) is 2.83. The van der Waals surface area contributed by atoms with Gasteiger partial charge in [0.05, 0.1) is 18.6 Å². The Morgan fingerprint density at radius 2 is 2.06 bits per heavy atom. The van der Waals surface area contributed by atoms with Crippen LogP contribution in [0.5, 0.6) is 0 Å². The number of aliphatic hydroxyl groups is 1. The zero-order valence-electron chi connectivity index (χ0n) is 10.9. The minimum absolute atomic E-state index is 0.0224. The van der Waals surface area contributed by atoms with Crippen molar-refractivity contribution in [3.63, 3.8) is 0 Å². The molecule has 0 spiro atoms. The molecule has 0 aliphatic carbocycles. The lowest BCUT2D eigenvalue weighted by Gasteiger charge is -2.14. The first kappa shape index (κ1) is 14.7. The lowest BCUT2D eigenvalue weighted by atomic mass is 10.0. The molecule has 18 heavy (non-hydrogen) atoms. The van der Waals surface area contributed by atoms with Crippen LogP contribution in [0.4, 0.5) is 0 Å². The fraction of sp³-hybridized carbons (Fsp3) is 0.500. The maximum absolute atomic E-state index is 11.9. The number of nitrogens with one attached hydrogen (secondary N) is 1. The van der Waals surface area contributed by atoms with Crippen molar-refractivity contribution in [3.8, 4) is 0 Å². The first-order chi connectivity index (χ1) is 8.65. The molecule has 0 fully saturated rings. The number of methoxy groups -OCH3 is 1. The molecule has 0 saturated carbocycles. The summed E-state index contributed by atoms with van der Waals surface area (Å²) in [6, 6.07) is 9.63. The van der Waals surface area contributed by atoms with E-state index in [1.165, 1.54) is 0 Å². The Kier molecular flexibility index (Phi) is 6.39. The second-order valence-corrected chi connectivity index (χ2v) is 4.32. The van der Waals surface area contributed by atoms with Crippen molar-refractivity contribution in [1.29, 1.82) is 0 Å². The van der Waals surface area contributed by atoms with Gasteiger partial charge in [0, 0.05) is 13.7 Å². The van der Waals surface area contributed by atoms with Crippen molar-refractivity contribution in [2.75, 3.05) is 20.3 Å². The van der Waals surface area contributed by atoms with E-state index in [0.29, 0.717) is 19.6 Å². The summed E-state index contributed by atoms with van der Waals surface area (Å²) in [6.07, 6.45) is -0.0245. The second-order valence-electron chi connectivity index (χ2n) is 4.32. The van der Waals surface area contributed by atoms with E-state index < -0.39 is 6.10 Å². The molecule has 0 saturated heterocycles. The Balaban J connectivity index is 2.33. The molecule has 2 unspecified atom stereocenters. The van der Waals surface area contributed by atoms with Gasteiger partial charge < -0.3 is 15.2 Å². The average molecular weight is 251 g/mol. The highest BCUT2D eigenvalue weighted by Crippen LogP contribution is 2.14. The zero-order valence-corrected chi connectivity index (χ0v) is 10.9. The summed E-state index contributed by atoms with van der Waals surface area (Å²) in [6.45, 7) is 2.63.